The molecule has 0 N–H and O–H groups in total. The van der Waals surface area contributed by atoms with Crippen LogP contribution in [0.4, 0.5) is 0 Å². The Balaban J connectivity index is 2.09. The highest BCUT2D eigenvalue weighted by Crippen LogP contribution is 2.35. The molecule has 2 nitrogen and oxygen atoms in total. The summed E-state index contributed by atoms with van der Waals surface area (Å²) >= 11 is 0. The van der Waals surface area contributed by atoms with E-state index in [2.05, 4.69) is 44.7 Å². The molecule has 1 fully saturated rings. The molecular formula is C17H23NO. The maximum absolute atomic E-state index is 12.6. The molecule has 19 heavy (non-hydrogen) atoms. The van der Waals surface area contributed by atoms with E-state index in [1.807, 2.05) is 11.0 Å². The number of allylic oxidation sites excluding steroid dienone is 1. The van der Waals surface area contributed by atoms with E-state index in [-0.39, 0.29) is 11.3 Å². The van der Waals surface area contributed by atoms with Gasteiger partial charge in [-0.3, -0.25) is 4.79 Å². The molecule has 2 heteroatoms. The molecule has 0 unspecified atom stereocenters. The van der Waals surface area contributed by atoms with Gasteiger partial charge in [-0.2, -0.15) is 0 Å². The van der Waals surface area contributed by atoms with Crippen molar-refractivity contribution in [1.82, 2.24) is 4.90 Å². The number of amides is 1. The van der Waals surface area contributed by atoms with Gasteiger partial charge in [-0.25, -0.2) is 0 Å². The third kappa shape index (κ3) is 3.06. The highest BCUT2D eigenvalue weighted by molar-refractivity contribution is 5.83. The normalized spacial score (nSPS) is 23.5. The average Bonchev–Trinajstić information content (AvgIpc) is 2.38. The number of rotatable bonds is 4. The first-order valence-electron chi connectivity index (χ1n) is 7.01. The number of hydrogen-bond donors (Lipinski definition) is 0. The smallest absolute Gasteiger partial charge is 0.229 e. The number of likely N-dealkylation sites (tertiary alicyclic amines) is 1. The van der Waals surface area contributed by atoms with Crippen molar-refractivity contribution in [3.05, 3.63) is 48.0 Å². The van der Waals surface area contributed by atoms with Gasteiger partial charge in [0, 0.05) is 13.1 Å². The molecule has 2 rings (SSSR count). The Kier molecular flexibility index (Phi) is 4.08. The van der Waals surface area contributed by atoms with Crippen LogP contribution in [-0.4, -0.2) is 17.4 Å². The van der Waals surface area contributed by atoms with Crippen LogP contribution >= 0.6 is 0 Å². The topological polar surface area (TPSA) is 20.3 Å². The predicted octanol–water partition coefficient (Wildman–Crippen LogP) is 3.70. The summed E-state index contributed by atoms with van der Waals surface area (Å²) in [4.78, 5) is 14.6. The molecule has 1 aliphatic heterocycles. The summed E-state index contributed by atoms with van der Waals surface area (Å²) in [5, 5.41) is 0. The first-order valence-corrected chi connectivity index (χ1v) is 7.01. The van der Waals surface area contributed by atoms with Crippen LogP contribution in [-0.2, 0) is 11.3 Å². The maximum atomic E-state index is 12.6. The molecule has 1 aromatic carbocycles. The Morgan fingerprint density at radius 1 is 1.37 bits per heavy atom. The van der Waals surface area contributed by atoms with Gasteiger partial charge in [0.15, 0.2) is 0 Å². The minimum Gasteiger partial charge on any atom is -0.338 e. The number of benzene rings is 1. The minimum absolute atomic E-state index is 0.245. The lowest BCUT2D eigenvalue weighted by Gasteiger charge is -2.39. The first kappa shape index (κ1) is 13.9. The SMILES string of the molecule is C=CC[C@]1(C)CCCN(Cc2ccc(C)cc2)C1=O. The van der Waals surface area contributed by atoms with Crippen LogP contribution in [0.25, 0.3) is 0 Å². The fraction of sp³-hybridized carbons (Fsp3) is 0.471. The average molecular weight is 257 g/mol. The Bertz CT molecular complexity index is 463. The summed E-state index contributed by atoms with van der Waals surface area (Å²) in [6.45, 7) is 9.53. The quantitative estimate of drug-likeness (QED) is 0.753. The van der Waals surface area contributed by atoms with Crippen molar-refractivity contribution in [1.29, 1.82) is 0 Å². The van der Waals surface area contributed by atoms with Gasteiger partial charge in [0.2, 0.25) is 5.91 Å². The summed E-state index contributed by atoms with van der Waals surface area (Å²) in [5.41, 5.74) is 2.22. The zero-order valence-corrected chi connectivity index (χ0v) is 12.0. The number of aryl methyl sites for hydroxylation is 1. The second-order valence-electron chi connectivity index (χ2n) is 5.87. The van der Waals surface area contributed by atoms with E-state index in [1.54, 1.807) is 0 Å². The second kappa shape index (κ2) is 5.60. The summed E-state index contributed by atoms with van der Waals surface area (Å²) < 4.78 is 0. The van der Waals surface area contributed by atoms with Gasteiger partial charge in [0.05, 0.1) is 5.41 Å². The van der Waals surface area contributed by atoms with Crippen molar-refractivity contribution in [2.75, 3.05) is 6.54 Å². The lowest BCUT2D eigenvalue weighted by molar-refractivity contribution is -0.145. The summed E-state index contributed by atoms with van der Waals surface area (Å²) in [5.74, 6) is 0.277. The Labute approximate surface area is 116 Å². The van der Waals surface area contributed by atoms with Crippen molar-refractivity contribution in [2.45, 2.75) is 39.7 Å². The van der Waals surface area contributed by atoms with E-state index in [1.165, 1.54) is 11.1 Å². The van der Waals surface area contributed by atoms with Gasteiger partial charge in [-0.15, -0.1) is 6.58 Å². The summed E-state index contributed by atoms with van der Waals surface area (Å²) in [6, 6.07) is 8.43. The monoisotopic (exact) mass is 257 g/mol. The van der Waals surface area contributed by atoms with E-state index >= 15 is 0 Å². The minimum atomic E-state index is -0.245. The summed E-state index contributed by atoms with van der Waals surface area (Å²) in [6.07, 6.45) is 4.70. The Hall–Kier alpha value is -1.57. The van der Waals surface area contributed by atoms with Crippen LogP contribution < -0.4 is 0 Å². The van der Waals surface area contributed by atoms with Crippen molar-refractivity contribution in [3.63, 3.8) is 0 Å². The van der Waals surface area contributed by atoms with Crippen LogP contribution in [0, 0.1) is 12.3 Å². The fourth-order valence-electron chi connectivity index (χ4n) is 2.82. The van der Waals surface area contributed by atoms with Gasteiger partial charge < -0.3 is 4.90 Å². The molecule has 0 spiro atoms. The van der Waals surface area contributed by atoms with E-state index in [9.17, 15) is 4.79 Å². The van der Waals surface area contributed by atoms with Gasteiger partial charge in [0.25, 0.3) is 0 Å². The van der Waals surface area contributed by atoms with E-state index in [0.717, 1.165) is 32.4 Å². The van der Waals surface area contributed by atoms with E-state index in [4.69, 9.17) is 0 Å². The molecule has 1 aromatic rings. The number of piperidine rings is 1. The van der Waals surface area contributed by atoms with Gasteiger partial charge in [0.1, 0.15) is 0 Å². The van der Waals surface area contributed by atoms with Crippen LogP contribution in [0.5, 0.6) is 0 Å². The highest BCUT2D eigenvalue weighted by Gasteiger charge is 2.38. The van der Waals surface area contributed by atoms with Crippen LogP contribution in [0.2, 0.25) is 0 Å². The van der Waals surface area contributed by atoms with Crippen molar-refractivity contribution in [3.8, 4) is 0 Å². The van der Waals surface area contributed by atoms with Crippen molar-refractivity contribution in [2.24, 2.45) is 5.41 Å². The molecule has 1 aliphatic rings. The second-order valence-corrected chi connectivity index (χ2v) is 5.87. The molecule has 0 aliphatic carbocycles. The Morgan fingerprint density at radius 3 is 2.68 bits per heavy atom. The lowest BCUT2D eigenvalue weighted by Crippen LogP contribution is -2.46. The van der Waals surface area contributed by atoms with Crippen molar-refractivity contribution < 1.29 is 4.79 Å². The van der Waals surface area contributed by atoms with E-state index in [0.29, 0.717) is 0 Å². The highest BCUT2D eigenvalue weighted by atomic mass is 16.2. The molecular weight excluding hydrogens is 234 g/mol. The molecule has 1 saturated heterocycles. The third-order valence-corrected chi connectivity index (χ3v) is 4.05. The first-order chi connectivity index (χ1) is 9.05. The maximum Gasteiger partial charge on any atom is 0.229 e. The molecule has 0 bridgehead atoms. The van der Waals surface area contributed by atoms with Crippen LogP contribution in [0.3, 0.4) is 0 Å². The number of carbonyl (C=O) groups excluding carboxylic acids is 1. The predicted molar refractivity (Wildman–Crippen MR) is 78.8 cm³/mol. The number of carbonyl (C=O) groups is 1. The van der Waals surface area contributed by atoms with Gasteiger partial charge in [-0.05, 0) is 31.7 Å². The zero-order valence-electron chi connectivity index (χ0n) is 12.0. The lowest BCUT2D eigenvalue weighted by atomic mass is 9.78. The molecule has 1 heterocycles. The van der Waals surface area contributed by atoms with E-state index < -0.39 is 0 Å². The molecule has 0 radical (unpaired) electrons. The molecule has 0 aromatic heterocycles. The van der Waals surface area contributed by atoms with Gasteiger partial charge in [-0.1, -0.05) is 42.8 Å². The van der Waals surface area contributed by atoms with Crippen molar-refractivity contribution >= 4 is 5.91 Å². The molecule has 102 valence electrons. The van der Waals surface area contributed by atoms with Gasteiger partial charge >= 0.3 is 0 Å². The number of hydrogen-bond acceptors (Lipinski definition) is 1. The molecule has 0 saturated carbocycles. The largest absolute Gasteiger partial charge is 0.338 e. The third-order valence-electron chi connectivity index (χ3n) is 4.05. The summed E-state index contributed by atoms with van der Waals surface area (Å²) in [7, 11) is 0. The van der Waals surface area contributed by atoms with Crippen LogP contribution in [0.1, 0.15) is 37.3 Å². The Morgan fingerprint density at radius 2 is 2.05 bits per heavy atom. The standard InChI is InChI=1S/C17H23NO/c1-4-10-17(3)11-5-12-18(16(17)19)13-15-8-6-14(2)7-9-15/h4,6-9H,1,5,10-13H2,2-3H3/t17-/m1/s1. The molecule has 1 amide bonds. The van der Waals surface area contributed by atoms with Crippen LogP contribution in [0.15, 0.2) is 36.9 Å². The number of nitrogens with zero attached hydrogens (tertiary/aromatic N) is 1. The molecule has 1 atom stereocenters. The zero-order chi connectivity index (χ0) is 13.9. The fourth-order valence-corrected chi connectivity index (χ4v) is 2.82.